The minimum absolute atomic E-state index is 0.0401. The van der Waals surface area contributed by atoms with Crippen LogP contribution in [-0.2, 0) is 54.1 Å². The molecule has 15 heteroatoms. The first kappa shape index (κ1) is 45.7. The number of carbonyl (C=O) groups excluding carboxylic acids is 6. The number of Topliss-reactive ketones (excluding diaryl/α,β-unsaturated/α-hetero) is 4. The predicted molar refractivity (Wildman–Crippen MR) is 190 cm³/mol. The van der Waals surface area contributed by atoms with Gasteiger partial charge in [-0.05, 0) is 45.4 Å². The first-order chi connectivity index (χ1) is 24.6. The van der Waals surface area contributed by atoms with E-state index in [1.807, 2.05) is 6.92 Å². The fourth-order valence-electron chi connectivity index (χ4n) is 5.08. The fourth-order valence-corrected chi connectivity index (χ4v) is 5.08. The molecule has 0 saturated carbocycles. The Morgan fingerprint density at radius 3 is 2.04 bits per heavy atom. The summed E-state index contributed by atoms with van der Waals surface area (Å²) in [5, 5.41) is 5.48. The molecule has 1 rings (SSSR count). The highest BCUT2D eigenvalue weighted by atomic mass is 16.5. The molecule has 0 unspecified atom stereocenters. The Morgan fingerprint density at radius 1 is 0.725 bits per heavy atom. The Bertz CT molecular complexity index is 1130. The third-order valence-corrected chi connectivity index (χ3v) is 7.91. The van der Waals surface area contributed by atoms with E-state index in [1.165, 1.54) is 13.3 Å². The SMILES string of the molecule is CCCC(=O)CCCOCCOCC(=O)NCCOCCOCC(=O)NCCCC[C@H](CCC(=O)[C@@H](N)Cc1cnc[nH]1)C(=O)CCCC(C)=O. The lowest BCUT2D eigenvalue weighted by Crippen LogP contribution is -2.33. The van der Waals surface area contributed by atoms with Crippen LogP contribution in [0.1, 0.15) is 96.6 Å². The van der Waals surface area contributed by atoms with E-state index >= 15 is 0 Å². The van der Waals surface area contributed by atoms with Crippen LogP contribution < -0.4 is 16.4 Å². The Labute approximate surface area is 302 Å². The maximum Gasteiger partial charge on any atom is 0.246 e. The third kappa shape index (κ3) is 26.1. The lowest BCUT2D eigenvalue weighted by Gasteiger charge is -2.17. The van der Waals surface area contributed by atoms with Crippen LogP contribution in [0.2, 0.25) is 0 Å². The number of rotatable bonds is 35. The molecule has 0 bridgehead atoms. The molecule has 0 aliphatic heterocycles. The van der Waals surface area contributed by atoms with Gasteiger partial charge < -0.3 is 45.1 Å². The van der Waals surface area contributed by atoms with Crippen LogP contribution in [-0.4, -0.2) is 117 Å². The first-order valence-corrected chi connectivity index (χ1v) is 18.3. The molecule has 2 amide bonds. The summed E-state index contributed by atoms with van der Waals surface area (Å²) in [6, 6.07) is -0.676. The minimum Gasteiger partial charge on any atom is -0.379 e. The largest absolute Gasteiger partial charge is 0.379 e. The highest BCUT2D eigenvalue weighted by Crippen LogP contribution is 2.20. The van der Waals surface area contributed by atoms with Crippen LogP contribution in [0.3, 0.4) is 0 Å². The molecule has 0 radical (unpaired) electrons. The Kier molecular flexibility index (Phi) is 27.1. The van der Waals surface area contributed by atoms with Crippen molar-refractivity contribution in [3.8, 4) is 0 Å². The van der Waals surface area contributed by atoms with Gasteiger partial charge in [-0.3, -0.25) is 24.0 Å². The summed E-state index contributed by atoms with van der Waals surface area (Å²) in [6.07, 6.45) is 9.87. The monoisotopic (exact) mass is 723 g/mol. The molecule has 0 aromatic carbocycles. The topological polar surface area (TPSA) is 218 Å². The van der Waals surface area contributed by atoms with E-state index in [9.17, 15) is 28.8 Å². The summed E-state index contributed by atoms with van der Waals surface area (Å²) in [4.78, 5) is 79.1. The molecule has 0 spiro atoms. The highest BCUT2D eigenvalue weighted by molar-refractivity contribution is 5.86. The molecule has 1 heterocycles. The number of ether oxygens (including phenoxy) is 4. The maximum absolute atomic E-state index is 12.9. The Morgan fingerprint density at radius 2 is 1.39 bits per heavy atom. The Balaban J connectivity index is 2.09. The number of hydrogen-bond donors (Lipinski definition) is 4. The van der Waals surface area contributed by atoms with E-state index in [-0.39, 0.29) is 86.9 Å². The molecule has 5 N–H and O–H groups in total. The van der Waals surface area contributed by atoms with Crippen molar-refractivity contribution in [3.63, 3.8) is 0 Å². The zero-order valence-corrected chi connectivity index (χ0v) is 30.7. The summed E-state index contributed by atoms with van der Waals surface area (Å²) in [7, 11) is 0. The second-order valence-electron chi connectivity index (χ2n) is 12.5. The van der Waals surface area contributed by atoms with Crippen molar-refractivity contribution in [1.29, 1.82) is 0 Å². The van der Waals surface area contributed by atoms with Crippen molar-refractivity contribution in [3.05, 3.63) is 18.2 Å². The second kappa shape index (κ2) is 30.3. The highest BCUT2D eigenvalue weighted by Gasteiger charge is 2.22. The van der Waals surface area contributed by atoms with E-state index in [4.69, 9.17) is 24.7 Å². The summed E-state index contributed by atoms with van der Waals surface area (Å²) < 4.78 is 21.4. The van der Waals surface area contributed by atoms with Gasteiger partial charge in [-0.2, -0.15) is 0 Å². The zero-order chi connectivity index (χ0) is 37.5. The van der Waals surface area contributed by atoms with Gasteiger partial charge >= 0.3 is 0 Å². The predicted octanol–water partition coefficient (Wildman–Crippen LogP) is 2.19. The number of nitrogens with zero attached hydrogens (tertiary/aromatic N) is 1. The molecule has 15 nitrogen and oxygen atoms in total. The van der Waals surface area contributed by atoms with Gasteiger partial charge in [0.05, 0.1) is 45.4 Å². The van der Waals surface area contributed by atoms with E-state index < -0.39 is 6.04 Å². The molecule has 0 saturated heterocycles. The molecule has 0 aliphatic rings. The van der Waals surface area contributed by atoms with Crippen molar-refractivity contribution in [2.75, 3.05) is 65.9 Å². The number of aromatic amines is 1. The molecule has 51 heavy (non-hydrogen) atoms. The van der Waals surface area contributed by atoms with E-state index in [0.717, 1.165) is 12.1 Å². The van der Waals surface area contributed by atoms with Crippen LogP contribution in [0, 0.1) is 5.92 Å². The summed E-state index contributed by atoms with van der Waals surface area (Å²) in [5.41, 5.74) is 6.84. The number of unbranched alkanes of at least 4 members (excludes halogenated alkanes) is 1. The fraction of sp³-hybridized carbons (Fsp3) is 0.750. The summed E-state index contributed by atoms with van der Waals surface area (Å²) >= 11 is 0. The van der Waals surface area contributed by atoms with Crippen molar-refractivity contribution >= 4 is 34.9 Å². The van der Waals surface area contributed by atoms with E-state index in [1.54, 1.807) is 6.20 Å². The quantitative estimate of drug-likeness (QED) is 0.0741. The van der Waals surface area contributed by atoms with Gasteiger partial charge in [0.25, 0.3) is 0 Å². The number of ketones is 4. The number of amides is 2. The van der Waals surface area contributed by atoms with Crippen LogP contribution in [0.25, 0.3) is 0 Å². The number of H-pyrrole nitrogens is 1. The standard InChI is InChI=1S/C36H61N5O10/c1-3-8-31(43)11-7-17-48-19-21-50-26-36(47)40-16-18-49-20-22-51-25-35(46)39-15-5-4-10-29(33(44)12-6-9-28(2)42)13-14-34(45)32(37)23-30-24-38-27-41-30/h24,27,29,32H,3-23,25-26,37H2,1-2H3,(H,38,41)(H,39,46)(H,40,47)/t29-,32+/m1/s1. The normalized spacial score (nSPS) is 12.3. The van der Waals surface area contributed by atoms with Gasteiger partial charge in [0, 0.05) is 76.0 Å². The third-order valence-electron chi connectivity index (χ3n) is 7.91. The number of imidazole rings is 1. The van der Waals surface area contributed by atoms with Crippen LogP contribution >= 0.6 is 0 Å². The zero-order valence-electron chi connectivity index (χ0n) is 30.7. The molecule has 290 valence electrons. The van der Waals surface area contributed by atoms with Gasteiger partial charge in [0.1, 0.15) is 36.3 Å². The van der Waals surface area contributed by atoms with E-state index in [2.05, 4.69) is 20.6 Å². The number of carbonyl (C=O) groups is 6. The minimum atomic E-state index is -0.676. The lowest BCUT2D eigenvalue weighted by molar-refractivity contribution is -0.127. The Hall–Kier alpha value is -3.37. The number of aromatic nitrogens is 2. The summed E-state index contributed by atoms with van der Waals surface area (Å²) in [6.45, 7) is 5.93. The van der Waals surface area contributed by atoms with Gasteiger partial charge in [0.2, 0.25) is 11.8 Å². The second-order valence-corrected chi connectivity index (χ2v) is 12.5. The average molecular weight is 724 g/mol. The average Bonchev–Trinajstić information content (AvgIpc) is 3.61. The number of nitrogens with two attached hydrogens (primary N) is 1. The van der Waals surface area contributed by atoms with Gasteiger partial charge in [-0.1, -0.05) is 13.3 Å². The molecule has 1 aromatic rings. The molecule has 0 fully saturated rings. The van der Waals surface area contributed by atoms with Crippen molar-refractivity contribution < 1.29 is 47.7 Å². The van der Waals surface area contributed by atoms with Gasteiger partial charge in [-0.15, -0.1) is 0 Å². The van der Waals surface area contributed by atoms with Crippen molar-refractivity contribution in [2.24, 2.45) is 11.7 Å². The lowest BCUT2D eigenvalue weighted by atomic mass is 9.88. The van der Waals surface area contributed by atoms with Gasteiger partial charge in [-0.25, -0.2) is 4.98 Å². The van der Waals surface area contributed by atoms with Crippen LogP contribution in [0.5, 0.6) is 0 Å². The van der Waals surface area contributed by atoms with Crippen molar-refractivity contribution in [1.82, 2.24) is 20.6 Å². The van der Waals surface area contributed by atoms with Gasteiger partial charge in [0.15, 0.2) is 0 Å². The summed E-state index contributed by atoms with van der Waals surface area (Å²) in [5.74, 6) is -0.607. The first-order valence-electron chi connectivity index (χ1n) is 18.3. The molecular formula is C36H61N5O10. The molecule has 2 atom stereocenters. The van der Waals surface area contributed by atoms with Crippen LogP contribution in [0.4, 0.5) is 0 Å². The van der Waals surface area contributed by atoms with Crippen molar-refractivity contribution in [2.45, 2.75) is 103 Å². The molecule has 0 aliphatic carbocycles. The number of hydrogen-bond acceptors (Lipinski definition) is 12. The smallest absolute Gasteiger partial charge is 0.246 e. The van der Waals surface area contributed by atoms with Crippen LogP contribution in [0.15, 0.2) is 12.5 Å². The van der Waals surface area contributed by atoms with E-state index in [0.29, 0.717) is 96.9 Å². The molecule has 1 aromatic heterocycles. The molecular weight excluding hydrogens is 662 g/mol. The maximum atomic E-state index is 12.9. The number of nitrogens with one attached hydrogen (secondary N) is 3.